The Morgan fingerprint density at radius 2 is 2.08 bits per heavy atom. The lowest BCUT2D eigenvalue weighted by Crippen LogP contribution is -2.17. The summed E-state index contributed by atoms with van der Waals surface area (Å²) in [7, 11) is 4.11. The summed E-state index contributed by atoms with van der Waals surface area (Å²) in [6, 6.07) is 9.34. The summed E-state index contributed by atoms with van der Waals surface area (Å²) in [5, 5.41) is 4.72. The third-order valence-corrected chi connectivity index (χ3v) is 4.56. The normalized spacial score (nSPS) is 12.0. The van der Waals surface area contributed by atoms with Crippen molar-refractivity contribution < 1.29 is 0 Å². The van der Waals surface area contributed by atoms with Crippen LogP contribution in [0.15, 0.2) is 41.5 Å². The Balaban J connectivity index is 1.90. The second-order valence-electron chi connectivity index (χ2n) is 6.66. The van der Waals surface area contributed by atoms with Crippen molar-refractivity contribution in [2.24, 2.45) is 0 Å². The number of benzene rings is 2. The summed E-state index contributed by atoms with van der Waals surface area (Å²) in [5.41, 5.74) is 9.86. The molecule has 4 aromatic rings. The van der Waals surface area contributed by atoms with Gasteiger partial charge in [0.1, 0.15) is 6.33 Å². The maximum absolute atomic E-state index is 13.2. The van der Waals surface area contributed by atoms with Gasteiger partial charge in [-0.2, -0.15) is 0 Å². The number of fused-ring (bicyclic) bond motifs is 2. The monoisotopic (exact) mass is 335 g/mol. The van der Waals surface area contributed by atoms with Gasteiger partial charge in [0, 0.05) is 23.3 Å². The number of nitrogen functional groups attached to an aromatic ring is 1. The van der Waals surface area contributed by atoms with Crippen LogP contribution in [0.4, 0.5) is 11.4 Å². The van der Waals surface area contributed by atoms with E-state index in [1.807, 2.05) is 28.7 Å². The van der Waals surface area contributed by atoms with Crippen molar-refractivity contribution in [3.05, 3.63) is 46.9 Å². The van der Waals surface area contributed by atoms with Gasteiger partial charge in [0.05, 0.1) is 21.9 Å². The van der Waals surface area contributed by atoms with E-state index in [0.29, 0.717) is 16.5 Å². The lowest BCUT2D eigenvalue weighted by molar-refractivity contribution is 0.405. The Bertz CT molecular complexity index is 1120. The van der Waals surface area contributed by atoms with Crippen LogP contribution >= 0.6 is 0 Å². The minimum Gasteiger partial charge on any atom is -0.399 e. The average Bonchev–Trinajstić information content (AvgIpc) is 3.01. The highest BCUT2D eigenvalue weighted by Crippen LogP contribution is 2.29. The Morgan fingerprint density at radius 3 is 2.88 bits per heavy atom. The molecule has 128 valence electrons. The van der Waals surface area contributed by atoms with E-state index in [9.17, 15) is 4.79 Å². The van der Waals surface area contributed by atoms with Crippen LogP contribution in [0.2, 0.25) is 0 Å². The molecule has 0 spiro atoms. The zero-order valence-corrected chi connectivity index (χ0v) is 14.4. The molecule has 3 N–H and O–H groups in total. The highest BCUT2D eigenvalue weighted by atomic mass is 16.1. The number of rotatable bonds is 5. The standard InChI is InChI=1S/C19H21N5O/c1-23(2)9-3-8-21-14-5-6-15-18-17(14)19(25)13-10-12(20)4-7-16(13)24(18)11-22-15/h4-7,10-11,21H,3,8-9,20H2,1-2H3. The topological polar surface area (TPSA) is 75.7 Å². The maximum atomic E-state index is 13.2. The quantitative estimate of drug-likeness (QED) is 0.333. The number of hydrogen-bond acceptors (Lipinski definition) is 5. The molecule has 0 radical (unpaired) electrons. The van der Waals surface area contributed by atoms with E-state index in [0.717, 1.165) is 41.7 Å². The minimum absolute atomic E-state index is 0.00369. The van der Waals surface area contributed by atoms with Gasteiger partial charge in [-0.25, -0.2) is 4.98 Å². The van der Waals surface area contributed by atoms with Crippen LogP contribution in [0.5, 0.6) is 0 Å². The lowest BCUT2D eigenvalue weighted by Gasteiger charge is -2.13. The predicted octanol–water partition coefficient (Wildman–Crippen LogP) is 2.38. The molecule has 6 heteroatoms. The second-order valence-corrected chi connectivity index (χ2v) is 6.66. The van der Waals surface area contributed by atoms with Crippen LogP contribution in [0.25, 0.3) is 27.3 Å². The largest absolute Gasteiger partial charge is 0.399 e. The fraction of sp³-hybridized carbons (Fsp3) is 0.263. The van der Waals surface area contributed by atoms with Gasteiger partial charge in [0.25, 0.3) is 0 Å². The fourth-order valence-corrected chi connectivity index (χ4v) is 3.36. The SMILES string of the molecule is CN(C)CCCNc1ccc2ncn3c4ccc(N)cc4c(=O)c1c23. The summed E-state index contributed by atoms with van der Waals surface area (Å²) < 4.78 is 1.98. The van der Waals surface area contributed by atoms with Gasteiger partial charge in [-0.3, -0.25) is 9.20 Å². The smallest absolute Gasteiger partial charge is 0.199 e. The van der Waals surface area contributed by atoms with E-state index in [1.165, 1.54) is 0 Å². The summed E-state index contributed by atoms with van der Waals surface area (Å²) in [6.07, 6.45) is 2.77. The number of nitrogens with two attached hydrogens (primary N) is 1. The molecule has 2 heterocycles. The number of nitrogens with zero attached hydrogens (tertiary/aromatic N) is 3. The Morgan fingerprint density at radius 1 is 1.24 bits per heavy atom. The van der Waals surface area contributed by atoms with Crippen molar-refractivity contribution in [3.63, 3.8) is 0 Å². The van der Waals surface area contributed by atoms with Crippen LogP contribution in [-0.4, -0.2) is 41.5 Å². The van der Waals surface area contributed by atoms with Gasteiger partial charge in [-0.15, -0.1) is 0 Å². The number of imidazole rings is 1. The van der Waals surface area contributed by atoms with E-state index < -0.39 is 0 Å². The van der Waals surface area contributed by atoms with Crippen molar-refractivity contribution >= 4 is 38.7 Å². The van der Waals surface area contributed by atoms with Crippen molar-refractivity contribution in [3.8, 4) is 0 Å². The van der Waals surface area contributed by atoms with E-state index in [-0.39, 0.29) is 5.43 Å². The Labute approximate surface area is 145 Å². The molecule has 2 aromatic heterocycles. The van der Waals surface area contributed by atoms with E-state index in [4.69, 9.17) is 5.73 Å². The molecule has 0 unspecified atom stereocenters. The zero-order valence-electron chi connectivity index (χ0n) is 14.4. The maximum Gasteiger partial charge on any atom is 0.199 e. The molecule has 0 atom stereocenters. The fourth-order valence-electron chi connectivity index (χ4n) is 3.36. The van der Waals surface area contributed by atoms with Gasteiger partial charge in [-0.1, -0.05) is 0 Å². The molecule has 0 aliphatic carbocycles. The number of anilines is 2. The summed E-state index contributed by atoms with van der Waals surface area (Å²) >= 11 is 0. The van der Waals surface area contributed by atoms with Gasteiger partial charge < -0.3 is 16.0 Å². The number of pyridine rings is 1. The molecule has 0 aliphatic heterocycles. The Hall–Kier alpha value is -2.86. The van der Waals surface area contributed by atoms with Gasteiger partial charge in [0.15, 0.2) is 5.43 Å². The molecule has 0 saturated carbocycles. The Kier molecular flexibility index (Phi) is 3.69. The molecule has 0 saturated heterocycles. The zero-order chi connectivity index (χ0) is 17.6. The second kappa shape index (κ2) is 5.89. The van der Waals surface area contributed by atoms with Crippen molar-refractivity contribution in [2.75, 3.05) is 38.2 Å². The van der Waals surface area contributed by atoms with Crippen LogP contribution < -0.4 is 16.5 Å². The summed E-state index contributed by atoms with van der Waals surface area (Å²) in [5.74, 6) is 0. The molecule has 0 amide bonds. The first-order chi connectivity index (χ1) is 12.1. The number of aromatic nitrogens is 2. The highest BCUT2D eigenvalue weighted by Gasteiger charge is 2.16. The summed E-state index contributed by atoms with van der Waals surface area (Å²) in [4.78, 5) is 19.8. The van der Waals surface area contributed by atoms with E-state index in [1.54, 1.807) is 12.4 Å². The molecule has 25 heavy (non-hydrogen) atoms. The third kappa shape index (κ3) is 2.55. The van der Waals surface area contributed by atoms with Crippen LogP contribution in [-0.2, 0) is 0 Å². The van der Waals surface area contributed by atoms with E-state index in [2.05, 4.69) is 29.3 Å². The molecular weight excluding hydrogens is 314 g/mol. The van der Waals surface area contributed by atoms with Crippen LogP contribution in [0.1, 0.15) is 6.42 Å². The number of nitrogens with one attached hydrogen (secondary N) is 1. The van der Waals surface area contributed by atoms with Gasteiger partial charge >= 0.3 is 0 Å². The number of hydrogen-bond donors (Lipinski definition) is 2. The van der Waals surface area contributed by atoms with Crippen molar-refractivity contribution in [1.82, 2.24) is 14.3 Å². The minimum atomic E-state index is -0.00369. The molecule has 0 fully saturated rings. The van der Waals surface area contributed by atoms with Crippen molar-refractivity contribution in [2.45, 2.75) is 6.42 Å². The highest BCUT2D eigenvalue weighted by molar-refractivity contribution is 6.07. The molecule has 0 bridgehead atoms. The van der Waals surface area contributed by atoms with Crippen LogP contribution in [0, 0.1) is 0 Å². The van der Waals surface area contributed by atoms with Gasteiger partial charge in [-0.05, 0) is 57.4 Å². The molecule has 2 aromatic carbocycles. The van der Waals surface area contributed by atoms with E-state index >= 15 is 0 Å². The first kappa shape index (κ1) is 15.7. The first-order valence-corrected chi connectivity index (χ1v) is 8.39. The molecular formula is C19H21N5O. The van der Waals surface area contributed by atoms with Crippen LogP contribution in [0.3, 0.4) is 0 Å². The third-order valence-electron chi connectivity index (χ3n) is 4.56. The summed E-state index contributed by atoms with van der Waals surface area (Å²) in [6.45, 7) is 1.80. The molecule has 4 rings (SSSR count). The lowest BCUT2D eigenvalue weighted by atomic mass is 10.1. The molecule has 0 aliphatic rings. The van der Waals surface area contributed by atoms with Gasteiger partial charge in [0.2, 0.25) is 0 Å². The van der Waals surface area contributed by atoms with Crippen molar-refractivity contribution in [1.29, 1.82) is 0 Å². The molecule has 6 nitrogen and oxygen atoms in total. The predicted molar refractivity (Wildman–Crippen MR) is 104 cm³/mol. The first-order valence-electron chi connectivity index (χ1n) is 8.39. The average molecular weight is 335 g/mol.